The first kappa shape index (κ1) is 14.4. The molecular weight excluding hydrogens is 247 g/mol. The first-order chi connectivity index (χ1) is 9.15. The van der Waals surface area contributed by atoms with Crippen molar-refractivity contribution >= 4 is 0 Å². The SMILES string of the molecule is CC(NCC1(CO)CCOCC1)c1cncc(F)c1. The maximum atomic E-state index is 13.1. The molecule has 0 aromatic carbocycles. The number of hydrogen-bond donors (Lipinski definition) is 2. The zero-order chi connectivity index (χ0) is 13.7. The maximum Gasteiger partial charge on any atom is 0.141 e. The lowest BCUT2D eigenvalue weighted by atomic mass is 9.81. The number of nitrogens with one attached hydrogen (secondary N) is 1. The van der Waals surface area contributed by atoms with Gasteiger partial charge >= 0.3 is 0 Å². The Kier molecular flexibility index (Phi) is 4.85. The predicted octanol–water partition coefficient (Wildman–Crippen LogP) is 1.66. The highest BCUT2D eigenvalue weighted by atomic mass is 19.1. The monoisotopic (exact) mass is 268 g/mol. The summed E-state index contributed by atoms with van der Waals surface area (Å²) in [7, 11) is 0. The minimum atomic E-state index is -0.325. The van der Waals surface area contributed by atoms with Gasteiger partial charge in [-0.25, -0.2) is 4.39 Å². The van der Waals surface area contributed by atoms with E-state index in [4.69, 9.17) is 4.74 Å². The first-order valence-corrected chi connectivity index (χ1v) is 6.68. The van der Waals surface area contributed by atoms with Crippen LogP contribution >= 0.6 is 0 Å². The van der Waals surface area contributed by atoms with Gasteiger partial charge < -0.3 is 15.2 Å². The smallest absolute Gasteiger partial charge is 0.141 e. The van der Waals surface area contributed by atoms with Crippen LogP contribution in [0.15, 0.2) is 18.5 Å². The quantitative estimate of drug-likeness (QED) is 0.853. The van der Waals surface area contributed by atoms with Gasteiger partial charge in [0.1, 0.15) is 5.82 Å². The third kappa shape index (κ3) is 3.72. The second-order valence-corrected chi connectivity index (χ2v) is 5.31. The highest BCUT2D eigenvalue weighted by Crippen LogP contribution is 2.29. The Hall–Kier alpha value is -1.04. The molecule has 1 saturated heterocycles. The maximum absolute atomic E-state index is 13.1. The van der Waals surface area contributed by atoms with Gasteiger partial charge in [0.25, 0.3) is 0 Å². The van der Waals surface area contributed by atoms with Crippen molar-refractivity contribution < 1.29 is 14.2 Å². The molecule has 0 radical (unpaired) electrons. The molecule has 0 bridgehead atoms. The van der Waals surface area contributed by atoms with Crippen molar-refractivity contribution in [1.29, 1.82) is 0 Å². The normalized spacial score (nSPS) is 20.2. The van der Waals surface area contributed by atoms with Crippen LogP contribution in [0.2, 0.25) is 0 Å². The standard InChI is InChI=1S/C14H21FN2O2/c1-11(12-6-13(15)8-16-7-12)17-9-14(10-18)2-4-19-5-3-14/h6-8,11,17-18H,2-5,9-10H2,1H3. The zero-order valence-corrected chi connectivity index (χ0v) is 11.2. The molecule has 1 unspecified atom stereocenters. The zero-order valence-electron chi connectivity index (χ0n) is 11.2. The van der Waals surface area contributed by atoms with Crippen LogP contribution in [-0.4, -0.2) is 36.5 Å². The van der Waals surface area contributed by atoms with Gasteiger partial charge in [0.15, 0.2) is 0 Å². The number of aliphatic hydroxyl groups excluding tert-OH is 1. The van der Waals surface area contributed by atoms with Crippen LogP contribution < -0.4 is 5.32 Å². The van der Waals surface area contributed by atoms with Crippen molar-refractivity contribution in [3.8, 4) is 0 Å². The second kappa shape index (κ2) is 6.41. The minimum Gasteiger partial charge on any atom is -0.396 e. The van der Waals surface area contributed by atoms with Crippen molar-refractivity contribution in [2.75, 3.05) is 26.4 Å². The summed E-state index contributed by atoms with van der Waals surface area (Å²) in [6.45, 7) is 4.21. The van der Waals surface area contributed by atoms with E-state index in [0.29, 0.717) is 19.8 Å². The van der Waals surface area contributed by atoms with E-state index in [-0.39, 0.29) is 23.9 Å². The lowest BCUT2D eigenvalue weighted by Gasteiger charge is -2.36. The van der Waals surface area contributed by atoms with E-state index in [1.54, 1.807) is 6.20 Å². The highest BCUT2D eigenvalue weighted by Gasteiger charge is 2.32. The summed E-state index contributed by atoms with van der Waals surface area (Å²) in [4.78, 5) is 3.85. The molecule has 1 aromatic heterocycles. The van der Waals surface area contributed by atoms with Crippen molar-refractivity contribution in [3.63, 3.8) is 0 Å². The van der Waals surface area contributed by atoms with Crippen LogP contribution in [0.1, 0.15) is 31.4 Å². The van der Waals surface area contributed by atoms with Gasteiger partial charge in [-0.05, 0) is 31.4 Å². The van der Waals surface area contributed by atoms with Gasteiger partial charge in [-0.2, -0.15) is 0 Å². The number of hydrogen-bond acceptors (Lipinski definition) is 4. The van der Waals surface area contributed by atoms with E-state index >= 15 is 0 Å². The molecule has 0 aliphatic carbocycles. The van der Waals surface area contributed by atoms with Gasteiger partial charge in [-0.3, -0.25) is 4.98 Å². The fourth-order valence-electron chi connectivity index (χ4n) is 2.35. The van der Waals surface area contributed by atoms with Crippen LogP contribution in [0.3, 0.4) is 0 Å². The number of ether oxygens (including phenoxy) is 1. The third-order valence-corrected chi connectivity index (χ3v) is 3.90. The molecule has 1 fully saturated rings. The summed E-state index contributed by atoms with van der Waals surface area (Å²) in [6.07, 6.45) is 4.56. The van der Waals surface area contributed by atoms with Gasteiger partial charge in [0, 0.05) is 37.4 Å². The molecular formula is C14H21FN2O2. The molecule has 0 spiro atoms. The molecule has 5 heteroatoms. The van der Waals surface area contributed by atoms with Crippen molar-refractivity contribution in [2.24, 2.45) is 5.41 Å². The van der Waals surface area contributed by atoms with Crippen molar-refractivity contribution in [3.05, 3.63) is 29.8 Å². The average Bonchev–Trinajstić information content (AvgIpc) is 2.46. The Morgan fingerprint density at radius 3 is 2.84 bits per heavy atom. The molecule has 1 aliphatic heterocycles. The second-order valence-electron chi connectivity index (χ2n) is 5.31. The first-order valence-electron chi connectivity index (χ1n) is 6.68. The highest BCUT2D eigenvalue weighted by molar-refractivity contribution is 5.14. The largest absolute Gasteiger partial charge is 0.396 e. The Morgan fingerprint density at radius 1 is 1.47 bits per heavy atom. The Bertz CT molecular complexity index is 408. The van der Waals surface area contributed by atoms with E-state index in [9.17, 15) is 9.50 Å². The Labute approximate surface area is 113 Å². The number of aromatic nitrogens is 1. The number of rotatable bonds is 5. The molecule has 1 atom stereocenters. The lowest BCUT2D eigenvalue weighted by molar-refractivity contribution is -0.0163. The molecule has 2 N–H and O–H groups in total. The molecule has 0 saturated carbocycles. The summed E-state index contributed by atoms with van der Waals surface area (Å²) < 4.78 is 18.5. The number of pyridine rings is 1. The van der Waals surface area contributed by atoms with Crippen LogP contribution in [0.4, 0.5) is 4.39 Å². The van der Waals surface area contributed by atoms with Crippen molar-refractivity contribution in [1.82, 2.24) is 10.3 Å². The predicted molar refractivity (Wildman–Crippen MR) is 70.2 cm³/mol. The molecule has 1 aromatic rings. The fourth-order valence-corrected chi connectivity index (χ4v) is 2.35. The summed E-state index contributed by atoms with van der Waals surface area (Å²) in [5.74, 6) is -0.325. The minimum absolute atomic E-state index is 0.00877. The van der Waals surface area contributed by atoms with Gasteiger partial charge in [0.2, 0.25) is 0 Å². The number of nitrogens with zero attached hydrogens (tertiary/aromatic N) is 1. The average molecular weight is 268 g/mol. The van der Waals surface area contributed by atoms with Gasteiger partial charge in [-0.15, -0.1) is 0 Å². The third-order valence-electron chi connectivity index (χ3n) is 3.90. The molecule has 106 valence electrons. The molecule has 0 amide bonds. The molecule has 2 heterocycles. The number of aliphatic hydroxyl groups is 1. The Balaban J connectivity index is 1.93. The Morgan fingerprint density at radius 2 is 2.21 bits per heavy atom. The van der Waals surface area contributed by atoms with Crippen LogP contribution in [0.5, 0.6) is 0 Å². The van der Waals surface area contributed by atoms with E-state index in [0.717, 1.165) is 18.4 Å². The molecule has 2 rings (SSSR count). The fraction of sp³-hybridized carbons (Fsp3) is 0.643. The van der Waals surface area contributed by atoms with Gasteiger partial charge in [-0.1, -0.05) is 0 Å². The molecule has 1 aliphatic rings. The molecule has 4 nitrogen and oxygen atoms in total. The van der Waals surface area contributed by atoms with Crippen LogP contribution in [0.25, 0.3) is 0 Å². The van der Waals surface area contributed by atoms with E-state index < -0.39 is 0 Å². The van der Waals surface area contributed by atoms with Gasteiger partial charge in [0.05, 0.1) is 12.8 Å². The van der Waals surface area contributed by atoms with E-state index in [1.165, 1.54) is 12.3 Å². The summed E-state index contributed by atoms with van der Waals surface area (Å²) in [6, 6.07) is 1.50. The summed E-state index contributed by atoms with van der Waals surface area (Å²) in [5, 5.41) is 13.0. The van der Waals surface area contributed by atoms with E-state index in [1.807, 2.05) is 6.92 Å². The van der Waals surface area contributed by atoms with Crippen molar-refractivity contribution in [2.45, 2.75) is 25.8 Å². The number of halogens is 1. The van der Waals surface area contributed by atoms with E-state index in [2.05, 4.69) is 10.3 Å². The lowest BCUT2D eigenvalue weighted by Crippen LogP contribution is -2.42. The summed E-state index contributed by atoms with van der Waals surface area (Å²) >= 11 is 0. The van der Waals surface area contributed by atoms with Crippen LogP contribution in [0, 0.1) is 11.2 Å². The topological polar surface area (TPSA) is 54.4 Å². The molecule has 19 heavy (non-hydrogen) atoms. The summed E-state index contributed by atoms with van der Waals surface area (Å²) in [5.41, 5.74) is 0.702. The van der Waals surface area contributed by atoms with Crippen LogP contribution in [-0.2, 0) is 4.74 Å².